The third-order valence-electron chi connectivity index (χ3n) is 3.12. The van der Waals surface area contributed by atoms with Gasteiger partial charge >= 0.3 is 0 Å². The summed E-state index contributed by atoms with van der Waals surface area (Å²) in [6, 6.07) is 6.65. The molecule has 0 fully saturated rings. The lowest BCUT2D eigenvalue weighted by Gasteiger charge is -2.15. The summed E-state index contributed by atoms with van der Waals surface area (Å²) in [6.07, 6.45) is 0. The van der Waals surface area contributed by atoms with Gasteiger partial charge in [-0.15, -0.1) is 0 Å². The first-order valence-corrected chi connectivity index (χ1v) is 6.74. The van der Waals surface area contributed by atoms with Crippen LogP contribution in [0.4, 0.5) is 0 Å². The molecule has 2 amide bonds. The van der Waals surface area contributed by atoms with Crippen molar-refractivity contribution in [3.05, 3.63) is 35.4 Å². The third kappa shape index (κ3) is 4.35. The lowest BCUT2D eigenvalue weighted by Crippen LogP contribution is -2.30. The summed E-state index contributed by atoms with van der Waals surface area (Å²) in [6.45, 7) is 4.78. The van der Waals surface area contributed by atoms with E-state index >= 15 is 0 Å². The van der Waals surface area contributed by atoms with Gasteiger partial charge in [0.15, 0.2) is 0 Å². The number of hydrogen-bond acceptors (Lipinski definition) is 3. The zero-order chi connectivity index (χ0) is 15.1. The van der Waals surface area contributed by atoms with Gasteiger partial charge in [0.2, 0.25) is 0 Å². The fourth-order valence-electron chi connectivity index (χ4n) is 1.59. The van der Waals surface area contributed by atoms with Crippen LogP contribution in [-0.2, 0) is 0 Å². The average Bonchev–Trinajstić information content (AvgIpc) is 2.50. The van der Waals surface area contributed by atoms with E-state index in [0.717, 1.165) is 0 Å². The van der Waals surface area contributed by atoms with E-state index in [1.165, 1.54) is 0 Å². The molecule has 0 bridgehead atoms. The van der Waals surface area contributed by atoms with Crippen molar-refractivity contribution in [2.75, 3.05) is 26.7 Å². The Bertz CT molecular complexity index is 474. The zero-order valence-corrected chi connectivity index (χ0v) is 12.2. The predicted octanol–water partition coefficient (Wildman–Crippen LogP) is 1.14. The Kier molecular flexibility index (Phi) is 6.18. The summed E-state index contributed by atoms with van der Waals surface area (Å²) in [5.74, 6) is -0.333. The zero-order valence-electron chi connectivity index (χ0n) is 12.2. The molecule has 1 atom stereocenters. The summed E-state index contributed by atoms with van der Waals surface area (Å²) >= 11 is 0. The van der Waals surface area contributed by atoms with Crippen LogP contribution in [0.2, 0.25) is 0 Å². The Morgan fingerprint density at radius 3 is 2.60 bits per heavy atom. The van der Waals surface area contributed by atoms with Gasteiger partial charge in [0.25, 0.3) is 11.8 Å². The number of aliphatic hydroxyl groups excluding tert-OH is 1. The van der Waals surface area contributed by atoms with Crippen molar-refractivity contribution in [2.24, 2.45) is 5.92 Å². The van der Waals surface area contributed by atoms with Gasteiger partial charge in [-0.25, -0.2) is 0 Å². The molecule has 2 N–H and O–H groups in total. The molecule has 0 saturated carbocycles. The monoisotopic (exact) mass is 278 g/mol. The van der Waals surface area contributed by atoms with Gasteiger partial charge in [-0.2, -0.15) is 0 Å². The maximum Gasteiger partial charge on any atom is 0.253 e. The van der Waals surface area contributed by atoms with Gasteiger partial charge < -0.3 is 15.3 Å². The normalized spacial score (nSPS) is 11.8. The van der Waals surface area contributed by atoms with Crippen LogP contribution >= 0.6 is 0 Å². The fraction of sp³-hybridized carbons (Fsp3) is 0.467. The van der Waals surface area contributed by atoms with E-state index in [4.69, 9.17) is 5.11 Å². The van der Waals surface area contributed by atoms with Gasteiger partial charge in [0.05, 0.1) is 0 Å². The first-order chi connectivity index (χ1) is 9.49. The van der Waals surface area contributed by atoms with Gasteiger partial charge in [-0.1, -0.05) is 13.0 Å². The van der Waals surface area contributed by atoms with E-state index in [1.807, 2.05) is 13.8 Å². The topological polar surface area (TPSA) is 69.6 Å². The molecule has 0 heterocycles. The largest absolute Gasteiger partial charge is 0.396 e. The van der Waals surface area contributed by atoms with Gasteiger partial charge in [-0.3, -0.25) is 9.59 Å². The highest BCUT2D eigenvalue weighted by molar-refractivity contribution is 5.99. The third-order valence-corrected chi connectivity index (χ3v) is 3.12. The minimum atomic E-state index is -0.237. The molecule has 1 rings (SSSR count). The maximum atomic E-state index is 12.0. The summed E-state index contributed by atoms with van der Waals surface area (Å²) in [7, 11) is 1.72. The minimum absolute atomic E-state index is 0.00925. The Morgan fingerprint density at radius 2 is 2.00 bits per heavy atom. The number of hydrogen-bond donors (Lipinski definition) is 2. The molecule has 1 aromatic carbocycles. The highest BCUT2D eigenvalue weighted by Gasteiger charge is 2.13. The second-order valence-corrected chi connectivity index (χ2v) is 4.90. The van der Waals surface area contributed by atoms with Crippen molar-refractivity contribution >= 4 is 11.8 Å². The molecule has 0 aliphatic heterocycles. The summed E-state index contributed by atoms with van der Waals surface area (Å²) in [5.41, 5.74) is 0.947. The molecule has 0 saturated heterocycles. The smallest absolute Gasteiger partial charge is 0.253 e. The quantitative estimate of drug-likeness (QED) is 0.819. The van der Waals surface area contributed by atoms with E-state index in [1.54, 1.807) is 36.2 Å². The Labute approximate surface area is 119 Å². The van der Waals surface area contributed by atoms with Crippen LogP contribution in [0.1, 0.15) is 34.6 Å². The first-order valence-electron chi connectivity index (χ1n) is 6.74. The SMILES string of the molecule is CCN(C)C(=O)c1cccc(C(=O)NCC(C)CO)c1. The molecule has 20 heavy (non-hydrogen) atoms. The number of nitrogens with one attached hydrogen (secondary N) is 1. The number of nitrogens with zero attached hydrogens (tertiary/aromatic N) is 1. The number of aliphatic hydroxyl groups is 1. The summed E-state index contributed by atoms with van der Waals surface area (Å²) in [4.78, 5) is 25.6. The van der Waals surface area contributed by atoms with Crippen LogP contribution in [0.5, 0.6) is 0 Å². The number of carbonyl (C=O) groups is 2. The molecule has 1 aromatic rings. The molecule has 0 radical (unpaired) electrons. The van der Waals surface area contributed by atoms with Crippen LogP contribution in [0.25, 0.3) is 0 Å². The molecule has 0 aromatic heterocycles. The van der Waals surface area contributed by atoms with Crippen molar-refractivity contribution < 1.29 is 14.7 Å². The van der Waals surface area contributed by atoms with E-state index < -0.39 is 0 Å². The summed E-state index contributed by atoms with van der Waals surface area (Å²) < 4.78 is 0. The van der Waals surface area contributed by atoms with E-state index in [-0.39, 0.29) is 24.3 Å². The van der Waals surface area contributed by atoms with Crippen molar-refractivity contribution in [1.82, 2.24) is 10.2 Å². The molecule has 1 unspecified atom stereocenters. The molecule has 0 spiro atoms. The van der Waals surface area contributed by atoms with Crippen LogP contribution in [0.15, 0.2) is 24.3 Å². The molecular weight excluding hydrogens is 256 g/mol. The number of amides is 2. The highest BCUT2D eigenvalue weighted by atomic mass is 16.3. The first kappa shape index (κ1) is 16.2. The standard InChI is InChI=1S/C15H22N2O3/c1-4-17(3)15(20)13-7-5-6-12(8-13)14(19)16-9-11(2)10-18/h5-8,11,18H,4,9-10H2,1-3H3,(H,16,19). The van der Waals surface area contributed by atoms with E-state index in [2.05, 4.69) is 5.32 Å². The predicted molar refractivity (Wildman–Crippen MR) is 77.7 cm³/mol. The van der Waals surface area contributed by atoms with Crippen LogP contribution in [0, 0.1) is 5.92 Å². The molecular formula is C15H22N2O3. The van der Waals surface area contributed by atoms with Gasteiger partial charge in [0, 0.05) is 37.9 Å². The van der Waals surface area contributed by atoms with Gasteiger partial charge in [-0.05, 0) is 31.0 Å². The van der Waals surface area contributed by atoms with Crippen molar-refractivity contribution in [2.45, 2.75) is 13.8 Å². The number of rotatable bonds is 6. The second kappa shape index (κ2) is 7.65. The van der Waals surface area contributed by atoms with Gasteiger partial charge in [0.1, 0.15) is 0 Å². The maximum absolute atomic E-state index is 12.0. The minimum Gasteiger partial charge on any atom is -0.396 e. The number of benzene rings is 1. The second-order valence-electron chi connectivity index (χ2n) is 4.90. The lowest BCUT2D eigenvalue weighted by atomic mass is 10.1. The molecule has 110 valence electrons. The van der Waals surface area contributed by atoms with E-state index in [0.29, 0.717) is 24.2 Å². The Morgan fingerprint density at radius 1 is 1.35 bits per heavy atom. The van der Waals surface area contributed by atoms with Crippen molar-refractivity contribution in [1.29, 1.82) is 0 Å². The highest BCUT2D eigenvalue weighted by Crippen LogP contribution is 2.08. The van der Waals surface area contributed by atoms with Crippen LogP contribution in [-0.4, -0.2) is 48.6 Å². The number of carbonyl (C=O) groups excluding carboxylic acids is 2. The summed E-state index contributed by atoms with van der Waals surface area (Å²) in [5, 5.41) is 11.7. The molecule has 5 heteroatoms. The average molecular weight is 278 g/mol. The molecule has 0 aliphatic rings. The van der Waals surface area contributed by atoms with Crippen molar-refractivity contribution in [3.63, 3.8) is 0 Å². The Hall–Kier alpha value is -1.88. The molecule has 0 aliphatic carbocycles. The Balaban J connectivity index is 2.77. The fourth-order valence-corrected chi connectivity index (χ4v) is 1.59. The molecule has 5 nitrogen and oxygen atoms in total. The van der Waals surface area contributed by atoms with E-state index in [9.17, 15) is 9.59 Å². The van der Waals surface area contributed by atoms with Crippen LogP contribution in [0.3, 0.4) is 0 Å². The van der Waals surface area contributed by atoms with Crippen molar-refractivity contribution in [3.8, 4) is 0 Å². The lowest BCUT2D eigenvalue weighted by molar-refractivity contribution is 0.0802. The van der Waals surface area contributed by atoms with Crippen LogP contribution < -0.4 is 5.32 Å².